The van der Waals surface area contributed by atoms with Crippen LogP contribution in [-0.4, -0.2) is 34.1 Å². The molecule has 1 aromatic heterocycles. The summed E-state index contributed by atoms with van der Waals surface area (Å²) < 4.78 is 13.1. The van der Waals surface area contributed by atoms with E-state index in [1.807, 2.05) is 23.1 Å². The number of amides is 1. The molecule has 0 bridgehead atoms. The quantitative estimate of drug-likeness (QED) is 0.650. The van der Waals surface area contributed by atoms with Gasteiger partial charge in [-0.25, -0.2) is 4.39 Å². The average molecular weight is 396 g/mol. The van der Waals surface area contributed by atoms with Crippen molar-refractivity contribution in [3.8, 4) is 0 Å². The van der Waals surface area contributed by atoms with Gasteiger partial charge in [0.05, 0.1) is 6.42 Å². The van der Waals surface area contributed by atoms with Gasteiger partial charge in [-0.15, -0.1) is 21.5 Å². The summed E-state index contributed by atoms with van der Waals surface area (Å²) in [5.74, 6) is 0.0510. The van der Waals surface area contributed by atoms with Crippen LogP contribution in [0, 0.1) is 5.82 Å². The lowest BCUT2D eigenvalue weighted by Gasteiger charge is -2.31. The van der Waals surface area contributed by atoms with Gasteiger partial charge in [-0.05, 0) is 36.1 Å². The van der Waals surface area contributed by atoms with Crippen LogP contribution in [0.2, 0.25) is 0 Å². The Hall–Kier alpha value is -2.60. The highest BCUT2D eigenvalue weighted by Crippen LogP contribution is 2.30. The molecule has 0 saturated carbocycles. The lowest BCUT2D eigenvalue weighted by atomic mass is 9.98. The molecule has 28 heavy (non-hydrogen) atoms. The molecule has 6 heteroatoms. The fourth-order valence-electron chi connectivity index (χ4n) is 3.57. The fourth-order valence-corrected chi connectivity index (χ4v) is 4.57. The highest BCUT2D eigenvalue weighted by atomic mass is 32.1. The monoisotopic (exact) mass is 395 g/mol. The molecular weight excluding hydrogens is 373 g/mol. The molecule has 1 atom stereocenters. The molecule has 144 valence electrons. The molecule has 1 aliphatic heterocycles. The Morgan fingerprint density at radius 3 is 2.64 bits per heavy atom. The summed E-state index contributed by atoms with van der Waals surface area (Å²) in [7, 11) is 0. The maximum absolute atomic E-state index is 13.1. The summed E-state index contributed by atoms with van der Waals surface area (Å²) in [6.45, 7) is 1.45. The molecule has 1 amide bonds. The maximum atomic E-state index is 13.1. The van der Waals surface area contributed by atoms with Crippen LogP contribution < -0.4 is 0 Å². The van der Waals surface area contributed by atoms with Crippen molar-refractivity contribution in [2.75, 3.05) is 13.1 Å². The van der Waals surface area contributed by atoms with Crippen LogP contribution in [0.4, 0.5) is 4.39 Å². The number of rotatable bonds is 5. The van der Waals surface area contributed by atoms with E-state index >= 15 is 0 Å². The van der Waals surface area contributed by atoms with Crippen LogP contribution in [0.5, 0.6) is 0 Å². The number of carbonyl (C=O) groups excluding carboxylic acids is 1. The van der Waals surface area contributed by atoms with Crippen molar-refractivity contribution in [2.24, 2.45) is 0 Å². The summed E-state index contributed by atoms with van der Waals surface area (Å²) in [6, 6.07) is 16.4. The van der Waals surface area contributed by atoms with Crippen LogP contribution >= 0.6 is 11.3 Å². The molecular formula is C22H22FN3OS. The highest BCUT2D eigenvalue weighted by molar-refractivity contribution is 7.11. The van der Waals surface area contributed by atoms with Crippen molar-refractivity contribution >= 4 is 17.2 Å². The van der Waals surface area contributed by atoms with E-state index in [0.29, 0.717) is 13.0 Å². The Balaban J connectivity index is 1.38. The first kappa shape index (κ1) is 18.7. The van der Waals surface area contributed by atoms with Crippen molar-refractivity contribution in [2.45, 2.75) is 31.6 Å². The highest BCUT2D eigenvalue weighted by Gasteiger charge is 2.27. The molecule has 1 fully saturated rings. The molecule has 1 saturated heterocycles. The van der Waals surface area contributed by atoms with Gasteiger partial charge in [-0.3, -0.25) is 4.79 Å². The number of likely N-dealkylation sites (tertiary alicyclic amines) is 1. The zero-order valence-electron chi connectivity index (χ0n) is 15.6. The summed E-state index contributed by atoms with van der Waals surface area (Å²) in [4.78, 5) is 14.6. The predicted molar refractivity (Wildman–Crippen MR) is 108 cm³/mol. The van der Waals surface area contributed by atoms with Gasteiger partial charge >= 0.3 is 0 Å². The molecule has 0 N–H and O–H groups in total. The summed E-state index contributed by atoms with van der Waals surface area (Å²) in [5.41, 5.74) is 2.07. The largest absolute Gasteiger partial charge is 0.342 e. The second kappa shape index (κ2) is 8.61. The van der Waals surface area contributed by atoms with E-state index in [1.165, 1.54) is 17.7 Å². The van der Waals surface area contributed by atoms with Crippen LogP contribution in [0.1, 0.15) is 39.9 Å². The van der Waals surface area contributed by atoms with Crippen molar-refractivity contribution in [1.29, 1.82) is 0 Å². The molecule has 0 aliphatic carbocycles. The van der Waals surface area contributed by atoms with E-state index in [0.717, 1.165) is 41.4 Å². The number of hydrogen-bond donors (Lipinski definition) is 0. The minimum atomic E-state index is -0.281. The third kappa shape index (κ3) is 4.62. The van der Waals surface area contributed by atoms with Gasteiger partial charge in [0.15, 0.2) is 0 Å². The van der Waals surface area contributed by atoms with Crippen LogP contribution in [-0.2, 0) is 17.6 Å². The van der Waals surface area contributed by atoms with Crippen molar-refractivity contribution in [3.63, 3.8) is 0 Å². The van der Waals surface area contributed by atoms with Gasteiger partial charge in [-0.2, -0.15) is 0 Å². The van der Waals surface area contributed by atoms with E-state index in [1.54, 1.807) is 23.5 Å². The van der Waals surface area contributed by atoms with Gasteiger partial charge in [0.2, 0.25) is 5.91 Å². The van der Waals surface area contributed by atoms with Crippen molar-refractivity contribution < 1.29 is 9.18 Å². The van der Waals surface area contributed by atoms with E-state index < -0.39 is 0 Å². The lowest BCUT2D eigenvalue weighted by Crippen LogP contribution is -2.39. The second-order valence-electron chi connectivity index (χ2n) is 7.18. The number of piperidine rings is 1. The van der Waals surface area contributed by atoms with E-state index in [4.69, 9.17) is 0 Å². The Kier molecular flexibility index (Phi) is 5.76. The molecule has 2 heterocycles. The second-order valence-corrected chi connectivity index (χ2v) is 8.27. The summed E-state index contributed by atoms with van der Waals surface area (Å²) >= 11 is 1.65. The first-order valence-corrected chi connectivity index (χ1v) is 10.4. The predicted octanol–water partition coefficient (Wildman–Crippen LogP) is 4.22. The summed E-state index contributed by atoms with van der Waals surface area (Å²) in [6.07, 6.45) is 3.09. The number of carbonyl (C=O) groups is 1. The van der Waals surface area contributed by atoms with Gasteiger partial charge < -0.3 is 4.90 Å². The Morgan fingerprint density at radius 2 is 1.86 bits per heavy atom. The molecule has 1 unspecified atom stereocenters. The molecule has 0 radical (unpaired) electrons. The molecule has 0 spiro atoms. The zero-order valence-corrected chi connectivity index (χ0v) is 16.4. The topological polar surface area (TPSA) is 46.1 Å². The zero-order chi connectivity index (χ0) is 19.3. The minimum absolute atomic E-state index is 0.0883. The van der Waals surface area contributed by atoms with E-state index in [-0.39, 0.29) is 17.6 Å². The molecule has 2 aromatic carbocycles. The number of hydrogen-bond acceptors (Lipinski definition) is 4. The molecule has 4 nitrogen and oxygen atoms in total. The van der Waals surface area contributed by atoms with Gasteiger partial charge in [-0.1, -0.05) is 42.5 Å². The summed E-state index contributed by atoms with van der Waals surface area (Å²) in [5, 5.41) is 10.8. The lowest BCUT2D eigenvalue weighted by molar-refractivity contribution is -0.131. The Morgan fingerprint density at radius 1 is 1.07 bits per heavy atom. The third-order valence-electron chi connectivity index (χ3n) is 5.07. The first-order valence-electron chi connectivity index (χ1n) is 9.56. The van der Waals surface area contributed by atoms with Gasteiger partial charge in [0.25, 0.3) is 0 Å². The normalized spacial score (nSPS) is 16.9. The SMILES string of the molecule is O=C(Cc1ccc(F)cc1)N1CCCC(c2nnc(Cc3ccccc3)s2)C1. The Labute approximate surface area is 168 Å². The molecule has 4 rings (SSSR count). The van der Waals surface area contributed by atoms with Gasteiger partial charge in [0, 0.05) is 25.4 Å². The van der Waals surface area contributed by atoms with E-state index in [9.17, 15) is 9.18 Å². The number of halogens is 1. The fraction of sp³-hybridized carbons (Fsp3) is 0.318. The first-order chi connectivity index (χ1) is 13.7. The van der Waals surface area contributed by atoms with Crippen LogP contribution in [0.15, 0.2) is 54.6 Å². The standard InChI is InChI=1S/C22H22FN3OS/c23-19-10-8-17(9-11-19)14-21(27)26-12-4-7-18(15-26)22-25-24-20(28-22)13-16-5-2-1-3-6-16/h1-3,5-6,8-11,18H,4,7,12-15H2. The van der Waals surface area contributed by atoms with Gasteiger partial charge in [0.1, 0.15) is 15.8 Å². The van der Waals surface area contributed by atoms with Crippen LogP contribution in [0.3, 0.4) is 0 Å². The minimum Gasteiger partial charge on any atom is -0.342 e. The van der Waals surface area contributed by atoms with Crippen LogP contribution in [0.25, 0.3) is 0 Å². The number of benzene rings is 2. The van der Waals surface area contributed by atoms with E-state index in [2.05, 4.69) is 22.3 Å². The molecule has 3 aromatic rings. The van der Waals surface area contributed by atoms with Crippen molar-refractivity contribution in [3.05, 3.63) is 81.6 Å². The van der Waals surface area contributed by atoms with Crippen molar-refractivity contribution in [1.82, 2.24) is 15.1 Å². The Bertz CT molecular complexity index is 926. The molecule has 1 aliphatic rings. The third-order valence-corrected chi connectivity index (χ3v) is 6.16. The maximum Gasteiger partial charge on any atom is 0.227 e. The average Bonchev–Trinajstić information content (AvgIpc) is 3.19. The number of nitrogens with zero attached hydrogens (tertiary/aromatic N) is 3. The number of aromatic nitrogens is 2. The smallest absolute Gasteiger partial charge is 0.227 e.